The minimum atomic E-state index is -0.963. The molecule has 0 aliphatic carbocycles. The molecule has 0 amide bonds. The Morgan fingerprint density at radius 2 is 1.58 bits per heavy atom. The Kier molecular flexibility index (Phi) is 4.31. The summed E-state index contributed by atoms with van der Waals surface area (Å²) in [5, 5.41) is 8.90. The highest BCUT2D eigenvalue weighted by molar-refractivity contribution is 5.73. The molecule has 3 N–H and O–H groups in total. The third kappa shape index (κ3) is 3.66. The number of hydrogen-bond donors (Lipinski definition) is 2. The SMILES string of the molecule is NC(Cc1ccccc1Cc1ccccc1)C(=O)O. The Hall–Kier alpha value is -2.13. The molecule has 1 atom stereocenters. The summed E-state index contributed by atoms with van der Waals surface area (Å²) in [6, 6.07) is 17.1. The molecule has 0 aromatic heterocycles. The molecule has 0 radical (unpaired) electrons. The van der Waals surface area contributed by atoms with Crippen LogP contribution in [0.2, 0.25) is 0 Å². The van der Waals surface area contributed by atoms with Crippen LogP contribution in [0.25, 0.3) is 0 Å². The highest BCUT2D eigenvalue weighted by Gasteiger charge is 2.14. The maximum absolute atomic E-state index is 10.8. The average molecular weight is 255 g/mol. The zero-order chi connectivity index (χ0) is 13.7. The van der Waals surface area contributed by atoms with Crippen LogP contribution in [0.4, 0.5) is 0 Å². The average Bonchev–Trinajstić information content (AvgIpc) is 2.42. The molecule has 0 aliphatic rings. The summed E-state index contributed by atoms with van der Waals surface area (Å²) >= 11 is 0. The van der Waals surface area contributed by atoms with E-state index in [9.17, 15) is 4.79 Å². The van der Waals surface area contributed by atoms with Crippen molar-refractivity contribution < 1.29 is 9.90 Å². The summed E-state index contributed by atoms with van der Waals surface area (Å²) in [6.45, 7) is 0. The second kappa shape index (κ2) is 6.16. The molecule has 0 spiro atoms. The number of carboxylic acid groups (broad SMARTS) is 1. The van der Waals surface area contributed by atoms with Gasteiger partial charge in [-0.25, -0.2) is 0 Å². The predicted molar refractivity (Wildman–Crippen MR) is 75.0 cm³/mol. The van der Waals surface area contributed by atoms with Crippen LogP contribution in [0.5, 0.6) is 0 Å². The van der Waals surface area contributed by atoms with E-state index in [-0.39, 0.29) is 0 Å². The lowest BCUT2D eigenvalue weighted by Gasteiger charge is -2.12. The molecule has 2 aromatic rings. The Labute approximate surface area is 112 Å². The van der Waals surface area contributed by atoms with Crippen molar-refractivity contribution in [1.29, 1.82) is 0 Å². The lowest BCUT2D eigenvalue weighted by atomic mass is 9.96. The number of aliphatic carboxylic acids is 1. The summed E-state index contributed by atoms with van der Waals surface area (Å²) < 4.78 is 0. The Morgan fingerprint density at radius 3 is 2.21 bits per heavy atom. The lowest BCUT2D eigenvalue weighted by Crippen LogP contribution is -2.32. The lowest BCUT2D eigenvalue weighted by molar-refractivity contribution is -0.138. The first-order valence-electron chi connectivity index (χ1n) is 6.26. The molecule has 0 bridgehead atoms. The van der Waals surface area contributed by atoms with E-state index in [1.54, 1.807) is 0 Å². The summed E-state index contributed by atoms with van der Waals surface area (Å²) in [5.41, 5.74) is 8.95. The van der Waals surface area contributed by atoms with Crippen molar-refractivity contribution in [2.24, 2.45) is 5.73 Å². The third-order valence-corrected chi connectivity index (χ3v) is 3.11. The molecule has 2 rings (SSSR count). The van der Waals surface area contributed by atoms with Crippen LogP contribution in [0.1, 0.15) is 16.7 Å². The van der Waals surface area contributed by atoms with Crippen LogP contribution in [0.15, 0.2) is 54.6 Å². The van der Waals surface area contributed by atoms with Gasteiger partial charge < -0.3 is 10.8 Å². The summed E-state index contributed by atoms with van der Waals surface area (Å²) in [4.78, 5) is 10.8. The first-order chi connectivity index (χ1) is 9.16. The molecule has 0 aliphatic heterocycles. The van der Waals surface area contributed by atoms with Gasteiger partial charge in [0.25, 0.3) is 0 Å². The van der Waals surface area contributed by atoms with Gasteiger partial charge in [-0.05, 0) is 29.5 Å². The molecule has 2 aromatic carbocycles. The van der Waals surface area contributed by atoms with Crippen molar-refractivity contribution in [3.8, 4) is 0 Å². The van der Waals surface area contributed by atoms with E-state index in [4.69, 9.17) is 10.8 Å². The van der Waals surface area contributed by atoms with Gasteiger partial charge in [0.2, 0.25) is 0 Å². The predicted octanol–water partition coefficient (Wildman–Crippen LogP) is 2.23. The van der Waals surface area contributed by atoms with Crippen molar-refractivity contribution in [2.45, 2.75) is 18.9 Å². The van der Waals surface area contributed by atoms with Crippen LogP contribution >= 0.6 is 0 Å². The van der Waals surface area contributed by atoms with E-state index >= 15 is 0 Å². The standard InChI is InChI=1S/C16H17NO2/c17-15(16(18)19)11-14-9-5-4-8-13(14)10-12-6-2-1-3-7-12/h1-9,15H,10-11,17H2,(H,18,19). The van der Waals surface area contributed by atoms with E-state index < -0.39 is 12.0 Å². The van der Waals surface area contributed by atoms with Crippen LogP contribution in [0.3, 0.4) is 0 Å². The van der Waals surface area contributed by atoms with Crippen LogP contribution in [-0.4, -0.2) is 17.1 Å². The van der Waals surface area contributed by atoms with Gasteiger partial charge in [-0.15, -0.1) is 0 Å². The minimum absolute atomic E-state index is 0.359. The van der Waals surface area contributed by atoms with Gasteiger partial charge in [-0.1, -0.05) is 54.6 Å². The van der Waals surface area contributed by atoms with Gasteiger partial charge >= 0.3 is 5.97 Å². The summed E-state index contributed by atoms with van der Waals surface area (Å²) in [6.07, 6.45) is 1.15. The maximum atomic E-state index is 10.8. The molecule has 19 heavy (non-hydrogen) atoms. The number of nitrogens with two attached hydrogens (primary N) is 1. The molecule has 3 nitrogen and oxygen atoms in total. The molecule has 1 unspecified atom stereocenters. The number of carboxylic acids is 1. The summed E-state index contributed by atoms with van der Waals surface area (Å²) in [5.74, 6) is -0.963. The van der Waals surface area contributed by atoms with E-state index in [0.29, 0.717) is 6.42 Å². The number of benzene rings is 2. The minimum Gasteiger partial charge on any atom is -0.480 e. The fraction of sp³-hybridized carbons (Fsp3) is 0.188. The fourth-order valence-corrected chi connectivity index (χ4v) is 2.07. The van der Waals surface area contributed by atoms with Gasteiger partial charge in [0.1, 0.15) is 6.04 Å². The van der Waals surface area contributed by atoms with Gasteiger partial charge in [0.15, 0.2) is 0 Å². The van der Waals surface area contributed by atoms with Crippen LogP contribution < -0.4 is 5.73 Å². The Bertz CT molecular complexity index is 552. The van der Waals surface area contributed by atoms with Crippen molar-refractivity contribution in [3.63, 3.8) is 0 Å². The van der Waals surface area contributed by atoms with Crippen molar-refractivity contribution >= 4 is 5.97 Å². The van der Waals surface area contributed by atoms with Crippen molar-refractivity contribution in [1.82, 2.24) is 0 Å². The second-order valence-corrected chi connectivity index (χ2v) is 4.58. The fourth-order valence-electron chi connectivity index (χ4n) is 2.07. The number of rotatable bonds is 5. The van der Waals surface area contributed by atoms with E-state index in [1.807, 2.05) is 42.5 Å². The highest BCUT2D eigenvalue weighted by atomic mass is 16.4. The summed E-state index contributed by atoms with van der Waals surface area (Å²) in [7, 11) is 0. The molecule has 0 saturated carbocycles. The zero-order valence-corrected chi connectivity index (χ0v) is 10.6. The van der Waals surface area contributed by atoms with E-state index in [2.05, 4.69) is 12.1 Å². The molecule has 0 saturated heterocycles. The quantitative estimate of drug-likeness (QED) is 0.861. The monoisotopic (exact) mass is 255 g/mol. The van der Waals surface area contributed by atoms with Gasteiger partial charge in [-0.3, -0.25) is 4.79 Å². The second-order valence-electron chi connectivity index (χ2n) is 4.58. The smallest absolute Gasteiger partial charge is 0.320 e. The third-order valence-electron chi connectivity index (χ3n) is 3.11. The van der Waals surface area contributed by atoms with Crippen molar-refractivity contribution in [3.05, 3.63) is 71.3 Å². The molecule has 98 valence electrons. The zero-order valence-electron chi connectivity index (χ0n) is 10.6. The van der Waals surface area contributed by atoms with Gasteiger partial charge in [0, 0.05) is 0 Å². The maximum Gasteiger partial charge on any atom is 0.320 e. The molecule has 0 heterocycles. The highest BCUT2D eigenvalue weighted by Crippen LogP contribution is 2.15. The Balaban J connectivity index is 2.19. The van der Waals surface area contributed by atoms with Gasteiger partial charge in [0.05, 0.1) is 0 Å². The van der Waals surface area contributed by atoms with E-state index in [1.165, 1.54) is 5.56 Å². The molecule has 3 heteroatoms. The molecular formula is C16H17NO2. The first-order valence-corrected chi connectivity index (χ1v) is 6.26. The normalized spacial score (nSPS) is 12.1. The van der Waals surface area contributed by atoms with Gasteiger partial charge in [-0.2, -0.15) is 0 Å². The molecule has 0 fully saturated rings. The number of carbonyl (C=O) groups is 1. The van der Waals surface area contributed by atoms with E-state index in [0.717, 1.165) is 17.5 Å². The largest absolute Gasteiger partial charge is 0.480 e. The van der Waals surface area contributed by atoms with Crippen molar-refractivity contribution in [2.75, 3.05) is 0 Å². The molecular weight excluding hydrogens is 238 g/mol. The number of hydrogen-bond acceptors (Lipinski definition) is 2. The first kappa shape index (κ1) is 13.3. The van der Waals surface area contributed by atoms with Crippen LogP contribution in [-0.2, 0) is 17.6 Å². The topological polar surface area (TPSA) is 63.3 Å². The van der Waals surface area contributed by atoms with Crippen LogP contribution in [0, 0.1) is 0 Å². The Morgan fingerprint density at radius 1 is 1.00 bits per heavy atom.